The van der Waals surface area contributed by atoms with E-state index in [0.717, 1.165) is 0 Å². The summed E-state index contributed by atoms with van der Waals surface area (Å²) in [6.45, 7) is 1.02. The van der Waals surface area contributed by atoms with Gasteiger partial charge in [0.15, 0.2) is 11.9 Å². The van der Waals surface area contributed by atoms with Gasteiger partial charge < -0.3 is 15.0 Å². The van der Waals surface area contributed by atoms with Gasteiger partial charge in [0.25, 0.3) is 0 Å². The fraction of sp³-hybridized carbons (Fsp3) is 0.429. The van der Waals surface area contributed by atoms with E-state index >= 15 is 0 Å². The minimum absolute atomic E-state index is 0.0620. The van der Waals surface area contributed by atoms with E-state index in [4.69, 9.17) is 10.00 Å². The zero-order valence-electron chi connectivity index (χ0n) is 16.7. The molecule has 32 heavy (non-hydrogen) atoms. The van der Waals surface area contributed by atoms with Crippen molar-refractivity contribution in [3.8, 4) is 6.07 Å². The molecule has 3 amide bonds. The van der Waals surface area contributed by atoms with Crippen LogP contribution in [0, 0.1) is 16.7 Å². The molecule has 8 nitrogen and oxygen atoms in total. The number of nitrogens with zero attached hydrogens (tertiary/aromatic N) is 2. The number of halogens is 3. The number of fused-ring (bicyclic) bond motifs is 2. The van der Waals surface area contributed by atoms with E-state index in [2.05, 4.69) is 10.6 Å². The molecule has 0 aromatic heterocycles. The van der Waals surface area contributed by atoms with E-state index < -0.39 is 54.1 Å². The van der Waals surface area contributed by atoms with Gasteiger partial charge in [0.1, 0.15) is 11.5 Å². The van der Waals surface area contributed by atoms with Crippen LogP contribution in [-0.4, -0.2) is 48.7 Å². The molecule has 1 spiro atoms. The largest absolute Gasteiger partial charge is 0.416 e. The molecule has 2 fully saturated rings. The first-order valence-corrected chi connectivity index (χ1v) is 9.93. The predicted octanol–water partition coefficient (Wildman–Crippen LogP) is 1.96. The highest BCUT2D eigenvalue weighted by atomic mass is 19.4. The van der Waals surface area contributed by atoms with Crippen LogP contribution >= 0.6 is 0 Å². The van der Waals surface area contributed by atoms with Gasteiger partial charge in [-0.15, -0.1) is 0 Å². The Morgan fingerprint density at radius 2 is 2.09 bits per heavy atom. The SMILES string of the molecule is CC1=C2NC(=O)NC(=O)[C@@]23Cc2cc(C(=O)CC#N)ccc2N2C[C@@H](C(F)(F)F)OC1[C@@H]23. The van der Waals surface area contributed by atoms with Crippen molar-refractivity contribution in [2.45, 2.75) is 44.2 Å². The topological polar surface area (TPSA) is 112 Å². The van der Waals surface area contributed by atoms with Crippen LogP contribution in [0.5, 0.6) is 0 Å². The minimum Gasteiger partial charge on any atom is -0.361 e. The third-order valence-corrected chi connectivity index (χ3v) is 6.72. The third-order valence-electron chi connectivity index (χ3n) is 6.72. The maximum absolute atomic E-state index is 13.7. The molecule has 3 heterocycles. The standard InChI is InChI=1S/C21H17F3N4O4/c1-9-15-17-20(16(9)26-19(31)27-18(20)30)7-11-6-10(13(29)4-5-25)2-3-12(11)28(17)8-14(32-15)21(22,23)24/h2-3,6,14-15,17H,4,7-8H2,1H3,(H2,26,27,30,31)/t14-,15?,17+,20-/m0/s1. The normalized spacial score (nSPS) is 30.6. The van der Waals surface area contributed by atoms with E-state index in [0.29, 0.717) is 16.8 Å². The summed E-state index contributed by atoms with van der Waals surface area (Å²) in [5.74, 6) is -1.05. The van der Waals surface area contributed by atoms with Crippen LogP contribution in [0.1, 0.15) is 29.3 Å². The molecule has 3 aliphatic heterocycles. The number of morpholine rings is 1. The van der Waals surface area contributed by atoms with Crippen molar-refractivity contribution in [3.05, 3.63) is 40.6 Å². The smallest absolute Gasteiger partial charge is 0.361 e. The van der Waals surface area contributed by atoms with Crippen LogP contribution in [0.25, 0.3) is 0 Å². The summed E-state index contributed by atoms with van der Waals surface area (Å²) in [5, 5.41) is 13.7. The Balaban J connectivity index is 1.70. The Morgan fingerprint density at radius 3 is 2.78 bits per heavy atom. The Bertz CT molecular complexity index is 1150. The number of amides is 3. The number of Topliss-reactive ketones (excluding diaryl/α,β-unsaturated/α-hetero) is 1. The highest BCUT2D eigenvalue weighted by molar-refractivity contribution is 6.05. The van der Waals surface area contributed by atoms with Crippen molar-refractivity contribution >= 4 is 23.4 Å². The monoisotopic (exact) mass is 446 g/mol. The lowest BCUT2D eigenvalue weighted by Gasteiger charge is -2.54. The van der Waals surface area contributed by atoms with Gasteiger partial charge in [-0.1, -0.05) is 0 Å². The summed E-state index contributed by atoms with van der Waals surface area (Å²) in [6, 6.07) is 4.78. The molecule has 2 N–H and O–H groups in total. The Labute approximate surface area is 180 Å². The van der Waals surface area contributed by atoms with Gasteiger partial charge in [-0.3, -0.25) is 14.9 Å². The van der Waals surface area contributed by atoms with Crippen molar-refractivity contribution in [2.24, 2.45) is 5.41 Å². The molecule has 1 aromatic rings. The predicted molar refractivity (Wildman–Crippen MR) is 102 cm³/mol. The van der Waals surface area contributed by atoms with Crippen molar-refractivity contribution < 1.29 is 32.3 Å². The average molecular weight is 446 g/mol. The maximum atomic E-state index is 13.7. The molecule has 5 rings (SSSR count). The number of carbonyl (C=O) groups excluding carboxylic acids is 3. The molecule has 2 saturated heterocycles. The van der Waals surface area contributed by atoms with Crippen molar-refractivity contribution in [3.63, 3.8) is 0 Å². The number of anilines is 1. The quantitative estimate of drug-likeness (QED) is 0.672. The molecule has 0 saturated carbocycles. The first-order valence-electron chi connectivity index (χ1n) is 9.93. The van der Waals surface area contributed by atoms with Gasteiger partial charge >= 0.3 is 12.2 Å². The number of urea groups is 1. The number of carbonyl (C=O) groups is 3. The van der Waals surface area contributed by atoms with Gasteiger partial charge in [-0.25, -0.2) is 4.79 Å². The van der Waals surface area contributed by atoms with Crippen LogP contribution in [-0.2, 0) is 16.0 Å². The van der Waals surface area contributed by atoms with Crippen LogP contribution in [0.15, 0.2) is 29.5 Å². The minimum atomic E-state index is -4.64. The number of benzene rings is 1. The Hall–Kier alpha value is -3.39. The molecular formula is C21H17F3N4O4. The second-order valence-corrected chi connectivity index (χ2v) is 8.40. The highest BCUT2D eigenvalue weighted by Gasteiger charge is 2.67. The molecule has 1 unspecified atom stereocenters. The highest BCUT2D eigenvalue weighted by Crippen LogP contribution is 2.56. The second-order valence-electron chi connectivity index (χ2n) is 8.40. The summed E-state index contributed by atoms with van der Waals surface area (Å²) in [5.41, 5.74) is 0.431. The molecule has 1 aliphatic carbocycles. The van der Waals surface area contributed by atoms with Crippen molar-refractivity contribution in [1.82, 2.24) is 10.6 Å². The zero-order chi connectivity index (χ0) is 23.0. The number of ketones is 1. The maximum Gasteiger partial charge on any atom is 0.416 e. The first-order chi connectivity index (χ1) is 15.1. The van der Waals surface area contributed by atoms with E-state index in [1.165, 1.54) is 17.0 Å². The van der Waals surface area contributed by atoms with Crippen LogP contribution in [0.3, 0.4) is 0 Å². The molecular weight excluding hydrogens is 429 g/mol. The van der Waals surface area contributed by atoms with E-state index in [9.17, 15) is 27.6 Å². The van der Waals surface area contributed by atoms with E-state index in [1.807, 2.05) is 0 Å². The number of rotatable bonds is 2. The van der Waals surface area contributed by atoms with Crippen LogP contribution in [0.4, 0.5) is 23.7 Å². The van der Waals surface area contributed by atoms with Crippen LogP contribution in [0.2, 0.25) is 0 Å². The fourth-order valence-electron chi connectivity index (χ4n) is 5.43. The van der Waals surface area contributed by atoms with Crippen molar-refractivity contribution in [2.75, 3.05) is 11.4 Å². The number of hydrogen-bond donors (Lipinski definition) is 2. The zero-order valence-corrected chi connectivity index (χ0v) is 16.7. The summed E-state index contributed by atoms with van der Waals surface area (Å²) in [6.07, 6.45) is -8.07. The van der Waals surface area contributed by atoms with Crippen molar-refractivity contribution in [1.29, 1.82) is 5.26 Å². The molecule has 0 radical (unpaired) electrons. The van der Waals surface area contributed by atoms with Gasteiger partial charge in [0, 0.05) is 16.9 Å². The molecule has 1 aromatic carbocycles. The molecule has 0 bridgehead atoms. The number of ether oxygens (including phenoxy) is 1. The molecule has 11 heteroatoms. The molecule has 166 valence electrons. The van der Waals surface area contributed by atoms with Crippen LogP contribution < -0.4 is 15.5 Å². The van der Waals surface area contributed by atoms with Gasteiger partial charge in [0.05, 0.1) is 25.1 Å². The number of nitriles is 1. The first kappa shape index (κ1) is 20.5. The second kappa shape index (κ2) is 6.56. The summed E-state index contributed by atoms with van der Waals surface area (Å²) >= 11 is 0. The lowest BCUT2D eigenvalue weighted by atomic mass is 9.69. The molecule has 4 aliphatic rings. The van der Waals surface area contributed by atoms with E-state index in [-0.39, 0.29) is 24.1 Å². The lowest BCUT2D eigenvalue weighted by Crippen LogP contribution is -2.70. The van der Waals surface area contributed by atoms with E-state index in [1.54, 1.807) is 19.1 Å². The Kier molecular flexibility index (Phi) is 4.20. The fourth-order valence-corrected chi connectivity index (χ4v) is 5.43. The lowest BCUT2D eigenvalue weighted by molar-refractivity contribution is -0.237. The average Bonchev–Trinajstić information content (AvgIpc) is 2.97. The number of imide groups is 1. The summed E-state index contributed by atoms with van der Waals surface area (Å²) in [7, 11) is 0. The summed E-state index contributed by atoms with van der Waals surface area (Å²) in [4.78, 5) is 39.0. The number of nitrogens with one attached hydrogen (secondary N) is 2. The number of hydrogen-bond acceptors (Lipinski definition) is 6. The summed E-state index contributed by atoms with van der Waals surface area (Å²) < 4.78 is 46.5. The van der Waals surface area contributed by atoms with Gasteiger partial charge in [-0.2, -0.15) is 18.4 Å². The third kappa shape index (κ3) is 2.62. The number of alkyl halides is 3. The van der Waals surface area contributed by atoms with Gasteiger partial charge in [0.2, 0.25) is 5.91 Å². The molecule has 4 atom stereocenters. The Morgan fingerprint density at radius 1 is 1.34 bits per heavy atom. The van der Waals surface area contributed by atoms with Gasteiger partial charge in [-0.05, 0) is 42.7 Å².